The van der Waals surface area contributed by atoms with Gasteiger partial charge in [0, 0.05) is 6.07 Å². The van der Waals surface area contributed by atoms with Crippen molar-refractivity contribution in [3.63, 3.8) is 0 Å². The van der Waals surface area contributed by atoms with Crippen molar-refractivity contribution in [2.75, 3.05) is 7.11 Å². The molecule has 0 amide bonds. The van der Waals surface area contributed by atoms with E-state index in [1.165, 1.54) is 13.2 Å². The van der Waals surface area contributed by atoms with Crippen LogP contribution in [-0.2, 0) is 4.79 Å². The summed E-state index contributed by atoms with van der Waals surface area (Å²) in [4.78, 5) is 14.5. The van der Waals surface area contributed by atoms with Crippen LogP contribution in [0.1, 0.15) is 5.69 Å². The van der Waals surface area contributed by atoms with Gasteiger partial charge < -0.3 is 9.84 Å². The van der Waals surface area contributed by atoms with Crippen molar-refractivity contribution in [2.45, 2.75) is 0 Å². The summed E-state index contributed by atoms with van der Waals surface area (Å²) >= 11 is 0. The zero-order valence-electron chi connectivity index (χ0n) is 7.97. The van der Waals surface area contributed by atoms with Crippen LogP contribution in [0, 0.1) is 11.3 Å². The highest BCUT2D eigenvalue weighted by Crippen LogP contribution is 2.09. The number of aromatic nitrogens is 1. The number of methoxy groups -OCH3 is 1. The molecule has 0 bridgehead atoms. The standard InChI is InChI=1S/C10H8N2O3/c1-15-9-4-2-3-8(12-9)5-7(6-11)10(13)14/h2-5H,1H3,(H,13,14). The zero-order valence-corrected chi connectivity index (χ0v) is 7.97. The van der Waals surface area contributed by atoms with Gasteiger partial charge in [0.1, 0.15) is 11.6 Å². The van der Waals surface area contributed by atoms with Crippen molar-refractivity contribution in [1.29, 1.82) is 5.26 Å². The van der Waals surface area contributed by atoms with E-state index in [4.69, 9.17) is 15.1 Å². The van der Waals surface area contributed by atoms with E-state index in [1.54, 1.807) is 24.3 Å². The molecule has 0 aliphatic rings. The number of carbonyl (C=O) groups is 1. The molecule has 0 fully saturated rings. The summed E-state index contributed by atoms with van der Waals surface area (Å²) in [5.74, 6) is -0.909. The Kier molecular flexibility index (Phi) is 3.41. The van der Waals surface area contributed by atoms with E-state index < -0.39 is 5.97 Å². The van der Waals surface area contributed by atoms with Gasteiger partial charge in [0.05, 0.1) is 12.8 Å². The quantitative estimate of drug-likeness (QED) is 0.588. The van der Waals surface area contributed by atoms with E-state index in [0.29, 0.717) is 11.6 Å². The Bertz CT molecular complexity index is 446. The van der Waals surface area contributed by atoms with Crippen LogP contribution in [0.25, 0.3) is 6.08 Å². The molecule has 1 aromatic rings. The van der Waals surface area contributed by atoms with Gasteiger partial charge in [0.2, 0.25) is 5.88 Å². The molecule has 1 heterocycles. The Hall–Kier alpha value is -2.35. The van der Waals surface area contributed by atoms with E-state index in [1.807, 2.05) is 0 Å². The number of nitrogens with zero attached hydrogens (tertiary/aromatic N) is 2. The molecule has 1 aromatic heterocycles. The maximum Gasteiger partial charge on any atom is 0.346 e. The summed E-state index contributed by atoms with van der Waals surface area (Å²) in [7, 11) is 1.46. The van der Waals surface area contributed by atoms with Gasteiger partial charge in [-0.15, -0.1) is 0 Å². The van der Waals surface area contributed by atoms with Crippen molar-refractivity contribution in [3.05, 3.63) is 29.5 Å². The third kappa shape index (κ3) is 2.81. The Balaban J connectivity index is 3.07. The van der Waals surface area contributed by atoms with E-state index in [2.05, 4.69) is 4.98 Å². The number of carboxylic acids is 1. The molecule has 0 aromatic carbocycles. The number of hydrogen-bond donors (Lipinski definition) is 1. The molecule has 1 N–H and O–H groups in total. The number of carboxylic acid groups (broad SMARTS) is 1. The second kappa shape index (κ2) is 4.77. The van der Waals surface area contributed by atoms with Crippen molar-refractivity contribution < 1.29 is 14.6 Å². The van der Waals surface area contributed by atoms with E-state index >= 15 is 0 Å². The largest absolute Gasteiger partial charge is 0.481 e. The van der Waals surface area contributed by atoms with Crippen LogP contribution in [0.5, 0.6) is 5.88 Å². The molecule has 5 heteroatoms. The van der Waals surface area contributed by atoms with Gasteiger partial charge in [0.15, 0.2) is 0 Å². The number of ether oxygens (including phenoxy) is 1. The van der Waals surface area contributed by atoms with Crippen LogP contribution in [0.4, 0.5) is 0 Å². The van der Waals surface area contributed by atoms with E-state index in [0.717, 1.165) is 0 Å². The lowest BCUT2D eigenvalue weighted by atomic mass is 10.2. The SMILES string of the molecule is COc1cccc(C=C(C#N)C(=O)O)n1. The average Bonchev–Trinajstić information content (AvgIpc) is 2.25. The fourth-order valence-corrected chi connectivity index (χ4v) is 0.915. The van der Waals surface area contributed by atoms with Gasteiger partial charge in [-0.05, 0) is 12.1 Å². The van der Waals surface area contributed by atoms with Crippen molar-refractivity contribution in [1.82, 2.24) is 4.98 Å². The molecule has 0 radical (unpaired) electrons. The minimum absolute atomic E-state index is 0.365. The molecule has 15 heavy (non-hydrogen) atoms. The summed E-state index contributed by atoms with van der Waals surface area (Å²) in [6.45, 7) is 0. The molecule has 0 saturated carbocycles. The minimum atomic E-state index is -1.28. The topological polar surface area (TPSA) is 83.2 Å². The van der Waals surface area contributed by atoms with Crippen LogP contribution < -0.4 is 4.74 Å². The number of aliphatic carboxylic acids is 1. The number of rotatable bonds is 3. The predicted octanol–water partition coefficient (Wildman–Crippen LogP) is 1.08. The molecule has 0 unspecified atom stereocenters. The molecule has 0 spiro atoms. The first-order chi connectivity index (χ1) is 7.17. The highest BCUT2D eigenvalue weighted by molar-refractivity contribution is 5.96. The lowest BCUT2D eigenvalue weighted by molar-refractivity contribution is -0.132. The van der Waals surface area contributed by atoms with Crippen molar-refractivity contribution >= 4 is 12.0 Å². The highest BCUT2D eigenvalue weighted by Gasteiger charge is 2.06. The maximum absolute atomic E-state index is 10.5. The number of nitriles is 1. The Morgan fingerprint density at radius 3 is 2.93 bits per heavy atom. The summed E-state index contributed by atoms with van der Waals surface area (Å²) in [5, 5.41) is 17.1. The molecular formula is C10H8N2O3. The van der Waals surface area contributed by atoms with Crippen molar-refractivity contribution in [2.24, 2.45) is 0 Å². The van der Waals surface area contributed by atoms with Gasteiger partial charge in [-0.3, -0.25) is 0 Å². The van der Waals surface area contributed by atoms with Gasteiger partial charge in [0.25, 0.3) is 0 Å². The lowest BCUT2D eigenvalue weighted by Crippen LogP contribution is -1.98. The first-order valence-corrected chi connectivity index (χ1v) is 4.03. The Morgan fingerprint density at radius 2 is 2.40 bits per heavy atom. The van der Waals surface area contributed by atoms with Crippen LogP contribution in [0.2, 0.25) is 0 Å². The van der Waals surface area contributed by atoms with Crippen molar-refractivity contribution in [3.8, 4) is 11.9 Å². The Morgan fingerprint density at radius 1 is 1.67 bits per heavy atom. The summed E-state index contributed by atoms with van der Waals surface area (Å²) in [5.41, 5.74) is 0.00375. The lowest BCUT2D eigenvalue weighted by Gasteiger charge is -1.98. The van der Waals surface area contributed by atoms with Gasteiger partial charge >= 0.3 is 5.97 Å². The van der Waals surface area contributed by atoms with E-state index in [9.17, 15) is 4.79 Å². The smallest absolute Gasteiger partial charge is 0.346 e. The molecule has 0 atom stereocenters. The molecule has 1 rings (SSSR count). The van der Waals surface area contributed by atoms with E-state index in [-0.39, 0.29) is 5.57 Å². The van der Waals surface area contributed by atoms with Gasteiger partial charge in [-0.25, -0.2) is 9.78 Å². The third-order valence-electron chi connectivity index (χ3n) is 1.60. The van der Waals surface area contributed by atoms with Crippen LogP contribution in [0.3, 0.4) is 0 Å². The maximum atomic E-state index is 10.5. The molecule has 5 nitrogen and oxygen atoms in total. The monoisotopic (exact) mass is 204 g/mol. The van der Waals surface area contributed by atoms with Crippen LogP contribution >= 0.6 is 0 Å². The normalized spacial score (nSPS) is 10.5. The van der Waals surface area contributed by atoms with Gasteiger partial charge in [-0.1, -0.05) is 6.07 Å². The summed E-state index contributed by atoms with van der Waals surface area (Å²) < 4.78 is 4.86. The minimum Gasteiger partial charge on any atom is -0.481 e. The molecule has 0 aliphatic carbocycles. The molecule has 0 aliphatic heterocycles. The van der Waals surface area contributed by atoms with Crippen LogP contribution in [-0.4, -0.2) is 23.2 Å². The van der Waals surface area contributed by atoms with Gasteiger partial charge in [-0.2, -0.15) is 5.26 Å². The second-order valence-corrected chi connectivity index (χ2v) is 2.58. The van der Waals surface area contributed by atoms with Crippen LogP contribution in [0.15, 0.2) is 23.8 Å². The summed E-state index contributed by atoms with van der Waals surface area (Å²) in [6.07, 6.45) is 1.19. The summed E-state index contributed by atoms with van der Waals surface area (Å²) in [6, 6.07) is 6.44. The average molecular weight is 204 g/mol. The third-order valence-corrected chi connectivity index (χ3v) is 1.60. The predicted molar refractivity (Wildman–Crippen MR) is 52.0 cm³/mol. The molecule has 76 valence electrons. The molecular weight excluding hydrogens is 196 g/mol. The second-order valence-electron chi connectivity index (χ2n) is 2.58. The molecule has 0 saturated heterocycles. The first-order valence-electron chi connectivity index (χ1n) is 4.03. The fourth-order valence-electron chi connectivity index (χ4n) is 0.915. The fraction of sp³-hybridized carbons (Fsp3) is 0.100. The zero-order chi connectivity index (χ0) is 11.3. The number of pyridine rings is 1. The number of hydrogen-bond acceptors (Lipinski definition) is 4. The highest BCUT2D eigenvalue weighted by atomic mass is 16.5. The first kappa shape index (κ1) is 10.7. The Labute approximate surface area is 86.2 Å².